The van der Waals surface area contributed by atoms with Crippen molar-refractivity contribution in [1.29, 1.82) is 0 Å². The molecule has 1 saturated heterocycles. The van der Waals surface area contributed by atoms with Gasteiger partial charge in [0.25, 0.3) is 0 Å². The van der Waals surface area contributed by atoms with Gasteiger partial charge in [-0.1, -0.05) is 23.7 Å². The molecule has 132 valence electrons. The molecule has 25 heavy (non-hydrogen) atoms. The number of carbonyl (C=O) groups excluding carboxylic acids is 4. The second-order valence-electron chi connectivity index (χ2n) is 6.19. The zero-order valence-corrected chi connectivity index (χ0v) is 14.0. The molecule has 1 aromatic rings. The minimum absolute atomic E-state index is 0.0693. The van der Waals surface area contributed by atoms with Crippen LogP contribution in [-0.4, -0.2) is 53.2 Å². The highest BCUT2D eigenvalue weighted by molar-refractivity contribution is 6.44. The molecular formula is C16H15ClFN3O4. The lowest BCUT2D eigenvalue weighted by molar-refractivity contribution is -0.143. The fourth-order valence-corrected chi connectivity index (χ4v) is 3.19. The van der Waals surface area contributed by atoms with Gasteiger partial charge >= 0.3 is 17.8 Å². The monoisotopic (exact) mass is 367 g/mol. The second-order valence-corrected chi connectivity index (χ2v) is 6.62. The van der Waals surface area contributed by atoms with E-state index in [4.69, 9.17) is 11.6 Å². The zero-order chi connectivity index (χ0) is 18.4. The number of urea groups is 1. The van der Waals surface area contributed by atoms with Gasteiger partial charge < -0.3 is 5.32 Å². The Hall–Kier alpha value is -2.48. The number of nitrogens with zero attached hydrogens (tertiary/aromatic N) is 2. The molecular weight excluding hydrogens is 353 g/mol. The lowest BCUT2D eigenvalue weighted by Crippen LogP contribution is -2.53. The van der Waals surface area contributed by atoms with Crippen molar-refractivity contribution in [2.45, 2.75) is 24.6 Å². The number of rotatable bonds is 4. The maximum atomic E-state index is 14.8. The van der Waals surface area contributed by atoms with Gasteiger partial charge in [0.2, 0.25) is 5.91 Å². The van der Waals surface area contributed by atoms with E-state index in [9.17, 15) is 23.6 Å². The molecule has 7 nitrogen and oxygen atoms in total. The summed E-state index contributed by atoms with van der Waals surface area (Å²) in [7, 11) is 1.16. The van der Waals surface area contributed by atoms with Crippen molar-refractivity contribution in [1.82, 2.24) is 15.1 Å². The Kier molecular flexibility index (Phi) is 4.24. The first kappa shape index (κ1) is 17.3. The van der Waals surface area contributed by atoms with Gasteiger partial charge in [-0.05, 0) is 17.7 Å². The lowest BCUT2D eigenvalue weighted by atomic mass is 9.73. The number of alkyl halides is 1. The van der Waals surface area contributed by atoms with E-state index < -0.39 is 42.0 Å². The van der Waals surface area contributed by atoms with Crippen LogP contribution in [0.2, 0.25) is 5.02 Å². The normalized spacial score (nSPS) is 26.0. The molecule has 0 bridgehead atoms. The third-order valence-electron chi connectivity index (χ3n) is 4.40. The van der Waals surface area contributed by atoms with Crippen LogP contribution in [0.25, 0.3) is 0 Å². The van der Waals surface area contributed by atoms with Gasteiger partial charge in [-0.3, -0.25) is 19.3 Å². The Balaban J connectivity index is 1.55. The molecule has 0 radical (unpaired) electrons. The highest BCUT2D eigenvalue weighted by atomic mass is 35.5. The summed E-state index contributed by atoms with van der Waals surface area (Å²) in [6.45, 7) is -0.569. The topological polar surface area (TPSA) is 86.8 Å². The van der Waals surface area contributed by atoms with Crippen LogP contribution in [0.5, 0.6) is 0 Å². The quantitative estimate of drug-likeness (QED) is 0.640. The van der Waals surface area contributed by atoms with Crippen molar-refractivity contribution >= 4 is 35.4 Å². The van der Waals surface area contributed by atoms with Gasteiger partial charge in [-0.2, -0.15) is 0 Å². The minimum atomic E-state index is -1.57. The van der Waals surface area contributed by atoms with Crippen molar-refractivity contribution in [2.24, 2.45) is 0 Å². The predicted octanol–water partition coefficient (Wildman–Crippen LogP) is 1.20. The van der Waals surface area contributed by atoms with E-state index >= 15 is 0 Å². The summed E-state index contributed by atoms with van der Waals surface area (Å²) in [4.78, 5) is 47.9. The van der Waals surface area contributed by atoms with Crippen LogP contribution in [0.3, 0.4) is 0 Å². The molecule has 0 unspecified atom stereocenters. The number of halogens is 2. The van der Waals surface area contributed by atoms with Crippen molar-refractivity contribution in [3.05, 3.63) is 34.9 Å². The molecule has 2 fully saturated rings. The SMILES string of the molecule is CN1C(=O)C(=O)N(CC(=O)NC2CC(F)(c3cccc(Cl)c3)C2)C1=O. The summed E-state index contributed by atoms with van der Waals surface area (Å²) in [5.74, 6) is -2.65. The van der Waals surface area contributed by atoms with Crippen molar-refractivity contribution < 1.29 is 23.6 Å². The third-order valence-corrected chi connectivity index (χ3v) is 4.63. The number of benzene rings is 1. The van der Waals surface area contributed by atoms with Crippen LogP contribution < -0.4 is 5.32 Å². The first-order valence-electron chi connectivity index (χ1n) is 7.59. The Morgan fingerprint density at radius 1 is 1.32 bits per heavy atom. The fraction of sp³-hybridized carbons (Fsp3) is 0.375. The molecule has 9 heteroatoms. The van der Waals surface area contributed by atoms with E-state index in [0.29, 0.717) is 20.4 Å². The Bertz CT molecular complexity index is 778. The van der Waals surface area contributed by atoms with Crippen molar-refractivity contribution in [2.75, 3.05) is 13.6 Å². The molecule has 2 aliphatic rings. The Morgan fingerprint density at radius 2 is 2.00 bits per heavy atom. The molecule has 1 aliphatic heterocycles. The van der Waals surface area contributed by atoms with E-state index in [2.05, 4.69) is 5.32 Å². The summed E-state index contributed by atoms with van der Waals surface area (Å²) in [6, 6.07) is 5.21. The summed E-state index contributed by atoms with van der Waals surface area (Å²) in [5, 5.41) is 3.00. The Morgan fingerprint density at radius 3 is 2.56 bits per heavy atom. The average molecular weight is 368 g/mol. The molecule has 0 spiro atoms. The van der Waals surface area contributed by atoms with E-state index in [-0.39, 0.29) is 12.8 Å². The standard InChI is InChI=1S/C16H15ClFN3O4/c1-20-13(23)14(24)21(15(20)25)8-12(22)19-11-6-16(18,7-11)9-3-2-4-10(17)5-9/h2-5,11H,6-8H2,1H3,(H,19,22). The first-order chi connectivity index (χ1) is 11.7. The fourth-order valence-electron chi connectivity index (χ4n) is 3.00. The van der Waals surface area contributed by atoms with Crippen LogP contribution >= 0.6 is 11.6 Å². The van der Waals surface area contributed by atoms with Gasteiger partial charge in [0.1, 0.15) is 12.2 Å². The number of hydrogen-bond donors (Lipinski definition) is 1. The largest absolute Gasteiger partial charge is 0.352 e. The molecule has 1 N–H and O–H groups in total. The van der Waals surface area contributed by atoms with Gasteiger partial charge in [0.15, 0.2) is 0 Å². The summed E-state index contributed by atoms with van der Waals surface area (Å²) >= 11 is 5.86. The predicted molar refractivity (Wildman–Crippen MR) is 85.3 cm³/mol. The van der Waals surface area contributed by atoms with E-state index in [0.717, 1.165) is 7.05 Å². The molecule has 1 saturated carbocycles. The maximum Gasteiger partial charge on any atom is 0.334 e. The second kappa shape index (κ2) is 6.11. The number of amides is 5. The Labute approximate surface area is 147 Å². The van der Waals surface area contributed by atoms with Gasteiger partial charge in [0.05, 0.1) is 0 Å². The first-order valence-corrected chi connectivity index (χ1v) is 7.97. The number of carbonyl (C=O) groups is 4. The number of nitrogens with one attached hydrogen (secondary N) is 1. The van der Waals surface area contributed by atoms with E-state index in [1.807, 2.05) is 0 Å². The number of imide groups is 2. The molecule has 0 aromatic heterocycles. The summed E-state index contributed by atoms with van der Waals surface area (Å²) in [5.41, 5.74) is -1.12. The summed E-state index contributed by atoms with van der Waals surface area (Å²) in [6.07, 6.45) is 0.139. The molecule has 3 rings (SSSR count). The van der Waals surface area contributed by atoms with Gasteiger partial charge in [-0.25, -0.2) is 14.1 Å². The van der Waals surface area contributed by atoms with E-state index in [1.54, 1.807) is 24.3 Å². The van der Waals surface area contributed by atoms with Crippen molar-refractivity contribution in [3.63, 3.8) is 0 Å². The molecule has 1 heterocycles. The van der Waals surface area contributed by atoms with Crippen molar-refractivity contribution in [3.8, 4) is 0 Å². The highest BCUT2D eigenvalue weighted by Gasteiger charge is 2.48. The third kappa shape index (κ3) is 3.09. The van der Waals surface area contributed by atoms with Gasteiger partial charge in [0, 0.05) is 31.0 Å². The smallest absolute Gasteiger partial charge is 0.334 e. The van der Waals surface area contributed by atoms with Crippen LogP contribution in [-0.2, 0) is 20.1 Å². The van der Waals surface area contributed by atoms with Crippen LogP contribution in [0.1, 0.15) is 18.4 Å². The number of likely N-dealkylation sites (N-methyl/N-ethyl adjacent to an activating group) is 1. The van der Waals surface area contributed by atoms with Crippen LogP contribution in [0.15, 0.2) is 24.3 Å². The maximum absolute atomic E-state index is 14.8. The van der Waals surface area contributed by atoms with Crippen LogP contribution in [0.4, 0.5) is 9.18 Å². The number of hydrogen-bond acceptors (Lipinski definition) is 4. The van der Waals surface area contributed by atoms with E-state index in [1.165, 1.54) is 0 Å². The molecule has 5 amide bonds. The zero-order valence-electron chi connectivity index (χ0n) is 13.3. The average Bonchev–Trinajstić information content (AvgIpc) is 2.71. The van der Waals surface area contributed by atoms with Gasteiger partial charge in [-0.15, -0.1) is 0 Å². The summed E-state index contributed by atoms with van der Waals surface area (Å²) < 4.78 is 14.8. The lowest BCUT2D eigenvalue weighted by Gasteiger charge is -2.42. The molecule has 1 aromatic carbocycles. The molecule has 1 aliphatic carbocycles. The highest BCUT2D eigenvalue weighted by Crippen LogP contribution is 2.45. The van der Waals surface area contributed by atoms with Crippen LogP contribution in [0, 0.1) is 0 Å². The molecule has 0 atom stereocenters. The minimum Gasteiger partial charge on any atom is -0.352 e.